The Kier molecular flexibility index (Phi) is 8.04. The van der Waals surface area contributed by atoms with Gasteiger partial charge in [0.15, 0.2) is 4.80 Å². The molecule has 37 heavy (non-hydrogen) atoms. The number of aromatic nitrogens is 1. The number of hydrogen-bond donors (Lipinski definition) is 0. The summed E-state index contributed by atoms with van der Waals surface area (Å²) >= 11 is 7.58. The Morgan fingerprint density at radius 3 is 2.51 bits per heavy atom. The van der Waals surface area contributed by atoms with Crippen molar-refractivity contribution in [3.05, 3.63) is 83.5 Å². The summed E-state index contributed by atoms with van der Waals surface area (Å²) in [5.74, 6) is 1.07. The molecule has 1 aliphatic heterocycles. The van der Waals surface area contributed by atoms with E-state index in [1.165, 1.54) is 23.0 Å². The third kappa shape index (κ3) is 5.14. The molecular weight excluding hydrogens is 516 g/mol. The number of halogens is 1. The van der Waals surface area contributed by atoms with Gasteiger partial charge in [0.2, 0.25) is 0 Å². The van der Waals surface area contributed by atoms with Gasteiger partial charge in [-0.25, -0.2) is 9.79 Å². The molecule has 0 N–H and O–H groups in total. The zero-order valence-electron chi connectivity index (χ0n) is 21.2. The number of esters is 1. The quantitative estimate of drug-likeness (QED) is 0.402. The van der Waals surface area contributed by atoms with Crippen molar-refractivity contribution in [2.45, 2.75) is 26.8 Å². The molecule has 0 amide bonds. The number of thiazole rings is 1. The van der Waals surface area contributed by atoms with E-state index in [9.17, 15) is 9.59 Å². The number of rotatable bonds is 8. The van der Waals surface area contributed by atoms with Crippen LogP contribution in [0.3, 0.4) is 0 Å². The molecule has 10 heteroatoms. The van der Waals surface area contributed by atoms with Gasteiger partial charge in [-0.2, -0.15) is 0 Å². The lowest BCUT2D eigenvalue weighted by Gasteiger charge is -2.26. The normalized spacial score (nSPS) is 15.2. The van der Waals surface area contributed by atoms with E-state index in [1.807, 2.05) is 13.0 Å². The summed E-state index contributed by atoms with van der Waals surface area (Å²) < 4.78 is 23.8. The van der Waals surface area contributed by atoms with Crippen LogP contribution >= 0.6 is 22.9 Å². The zero-order chi connectivity index (χ0) is 26.7. The second kappa shape index (κ2) is 11.2. The zero-order valence-corrected chi connectivity index (χ0v) is 22.7. The molecule has 0 saturated carbocycles. The Balaban J connectivity index is 1.96. The standard InChI is InChI=1S/C27H27ClN2O6S/c1-6-35-21-10-8-16(12-19(21)28)13-22-25(31)30-24(18-14-17(33-4)9-11-20(18)34-5)23(26(32)36-7-2)15(3)29-27(30)37-22/h8-14,24H,6-7H2,1-5H3/t24-/m0/s1. The molecule has 0 unspecified atom stereocenters. The third-order valence-corrected chi connectivity index (χ3v) is 7.08. The van der Waals surface area contributed by atoms with Gasteiger partial charge in [0.1, 0.15) is 23.3 Å². The monoisotopic (exact) mass is 542 g/mol. The topological polar surface area (TPSA) is 88.4 Å². The van der Waals surface area contributed by atoms with E-state index in [0.29, 0.717) is 49.5 Å². The van der Waals surface area contributed by atoms with E-state index < -0.39 is 12.0 Å². The highest BCUT2D eigenvalue weighted by Gasteiger charge is 2.35. The number of methoxy groups -OCH3 is 2. The number of allylic oxidation sites excluding steroid dienone is 1. The van der Waals surface area contributed by atoms with E-state index in [4.69, 9.17) is 30.5 Å². The van der Waals surface area contributed by atoms with Crippen LogP contribution in [0.5, 0.6) is 17.2 Å². The van der Waals surface area contributed by atoms with E-state index in [-0.39, 0.29) is 17.7 Å². The lowest BCUT2D eigenvalue weighted by Crippen LogP contribution is -2.40. The Labute approximate surface area is 223 Å². The molecule has 1 aliphatic rings. The van der Waals surface area contributed by atoms with Gasteiger partial charge in [-0.15, -0.1) is 0 Å². The number of nitrogens with zero attached hydrogens (tertiary/aromatic N) is 2. The minimum absolute atomic E-state index is 0.181. The van der Waals surface area contributed by atoms with Gasteiger partial charge in [0.05, 0.1) is 48.3 Å². The van der Waals surface area contributed by atoms with Crippen LogP contribution in [-0.4, -0.2) is 38.0 Å². The largest absolute Gasteiger partial charge is 0.497 e. The van der Waals surface area contributed by atoms with Crippen LogP contribution in [-0.2, 0) is 9.53 Å². The van der Waals surface area contributed by atoms with Crippen molar-refractivity contribution >= 4 is 35.0 Å². The van der Waals surface area contributed by atoms with E-state index >= 15 is 0 Å². The maximum atomic E-state index is 13.8. The Bertz CT molecular complexity index is 1560. The number of hydrogen-bond acceptors (Lipinski definition) is 8. The van der Waals surface area contributed by atoms with Crippen LogP contribution < -0.4 is 29.1 Å². The number of carbonyl (C=O) groups is 1. The van der Waals surface area contributed by atoms with Crippen molar-refractivity contribution in [1.29, 1.82) is 0 Å². The summed E-state index contributed by atoms with van der Waals surface area (Å²) in [5, 5.41) is 0.447. The summed E-state index contributed by atoms with van der Waals surface area (Å²) in [4.78, 5) is 32.0. The molecule has 0 radical (unpaired) electrons. The fourth-order valence-electron chi connectivity index (χ4n) is 4.17. The summed E-state index contributed by atoms with van der Waals surface area (Å²) in [6.07, 6.45) is 1.74. The second-order valence-corrected chi connectivity index (χ2v) is 9.45. The molecule has 2 heterocycles. The maximum absolute atomic E-state index is 13.8. The van der Waals surface area contributed by atoms with Crippen LogP contribution in [0.15, 0.2) is 57.5 Å². The Morgan fingerprint density at radius 2 is 1.86 bits per heavy atom. The molecule has 0 bridgehead atoms. The predicted molar refractivity (Wildman–Crippen MR) is 143 cm³/mol. The minimum atomic E-state index is -0.827. The van der Waals surface area contributed by atoms with E-state index in [2.05, 4.69) is 4.99 Å². The van der Waals surface area contributed by atoms with Gasteiger partial charge in [0, 0.05) is 5.56 Å². The lowest BCUT2D eigenvalue weighted by molar-refractivity contribution is -0.139. The number of ether oxygens (including phenoxy) is 4. The molecule has 1 aromatic heterocycles. The highest BCUT2D eigenvalue weighted by molar-refractivity contribution is 7.07. The Morgan fingerprint density at radius 1 is 1.11 bits per heavy atom. The van der Waals surface area contributed by atoms with E-state index in [1.54, 1.807) is 57.4 Å². The highest BCUT2D eigenvalue weighted by Crippen LogP contribution is 2.37. The molecule has 0 spiro atoms. The average molecular weight is 543 g/mol. The molecule has 0 fully saturated rings. The van der Waals surface area contributed by atoms with Crippen molar-refractivity contribution in [2.75, 3.05) is 27.4 Å². The molecular formula is C27H27ClN2O6S. The van der Waals surface area contributed by atoms with Crippen molar-refractivity contribution in [1.82, 2.24) is 4.57 Å². The van der Waals surface area contributed by atoms with Gasteiger partial charge in [-0.1, -0.05) is 29.0 Å². The van der Waals surface area contributed by atoms with Crippen molar-refractivity contribution in [3.8, 4) is 17.2 Å². The molecule has 2 aromatic carbocycles. The number of carbonyl (C=O) groups excluding carboxylic acids is 1. The summed E-state index contributed by atoms with van der Waals surface area (Å²) in [6.45, 7) is 6.01. The van der Waals surface area contributed by atoms with Gasteiger partial charge in [-0.3, -0.25) is 9.36 Å². The van der Waals surface area contributed by atoms with Gasteiger partial charge < -0.3 is 18.9 Å². The second-order valence-electron chi connectivity index (χ2n) is 8.03. The van der Waals surface area contributed by atoms with Crippen molar-refractivity contribution in [3.63, 3.8) is 0 Å². The SMILES string of the molecule is CCOC(=O)C1=C(C)N=c2sc(=Cc3ccc(OCC)c(Cl)c3)c(=O)n2[C@H]1c1cc(OC)ccc1OC. The van der Waals surface area contributed by atoms with Gasteiger partial charge in [0.25, 0.3) is 5.56 Å². The third-order valence-electron chi connectivity index (χ3n) is 5.80. The first-order chi connectivity index (χ1) is 17.8. The predicted octanol–water partition coefficient (Wildman–Crippen LogP) is 3.87. The molecule has 0 aliphatic carbocycles. The fraction of sp³-hybridized carbons (Fsp3) is 0.296. The van der Waals surface area contributed by atoms with Gasteiger partial charge >= 0.3 is 5.97 Å². The van der Waals surface area contributed by atoms with Crippen LogP contribution in [0.4, 0.5) is 0 Å². The van der Waals surface area contributed by atoms with Crippen LogP contribution in [0.2, 0.25) is 5.02 Å². The number of benzene rings is 2. The maximum Gasteiger partial charge on any atom is 0.338 e. The molecule has 3 aromatic rings. The van der Waals surface area contributed by atoms with Crippen LogP contribution in [0, 0.1) is 0 Å². The lowest BCUT2D eigenvalue weighted by atomic mass is 9.94. The first kappa shape index (κ1) is 26.5. The molecule has 194 valence electrons. The van der Waals surface area contributed by atoms with Crippen LogP contribution in [0.25, 0.3) is 6.08 Å². The average Bonchev–Trinajstić information content (AvgIpc) is 3.18. The highest BCUT2D eigenvalue weighted by atomic mass is 35.5. The molecule has 0 saturated heterocycles. The minimum Gasteiger partial charge on any atom is -0.497 e. The summed E-state index contributed by atoms with van der Waals surface area (Å²) in [6, 6.07) is 9.75. The summed E-state index contributed by atoms with van der Waals surface area (Å²) in [7, 11) is 3.08. The first-order valence-corrected chi connectivity index (χ1v) is 12.9. The first-order valence-electron chi connectivity index (χ1n) is 11.7. The molecule has 1 atom stereocenters. The summed E-state index contributed by atoms with van der Waals surface area (Å²) in [5.41, 5.74) is 1.73. The molecule has 8 nitrogen and oxygen atoms in total. The van der Waals surface area contributed by atoms with Crippen molar-refractivity contribution in [2.24, 2.45) is 4.99 Å². The van der Waals surface area contributed by atoms with Gasteiger partial charge in [-0.05, 0) is 62.7 Å². The smallest absolute Gasteiger partial charge is 0.338 e. The molecule has 4 rings (SSSR count). The van der Waals surface area contributed by atoms with E-state index in [0.717, 1.165) is 5.56 Å². The van der Waals surface area contributed by atoms with Crippen molar-refractivity contribution < 1.29 is 23.7 Å². The fourth-order valence-corrected chi connectivity index (χ4v) is 5.46. The van der Waals surface area contributed by atoms with Crippen LogP contribution in [0.1, 0.15) is 37.9 Å². The Hall–Kier alpha value is -3.56. The number of fused-ring (bicyclic) bond motifs is 1.